The Labute approximate surface area is 200 Å². The van der Waals surface area contributed by atoms with E-state index < -0.39 is 5.60 Å². The van der Waals surface area contributed by atoms with Gasteiger partial charge in [0.1, 0.15) is 5.75 Å². The molecule has 0 bridgehead atoms. The summed E-state index contributed by atoms with van der Waals surface area (Å²) in [6, 6.07) is 24.0. The lowest BCUT2D eigenvalue weighted by Gasteiger charge is -2.27. The van der Waals surface area contributed by atoms with E-state index in [4.69, 9.17) is 16.3 Å². The van der Waals surface area contributed by atoms with Gasteiger partial charge in [-0.3, -0.25) is 9.59 Å². The predicted molar refractivity (Wildman–Crippen MR) is 132 cm³/mol. The molecule has 0 aliphatic rings. The van der Waals surface area contributed by atoms with Crippen LogP contribution in [0.4, 0.5) is 0 Å². The fourth-order valence-electron chi connectivity index (χ4n) is 3.28. The fourth-order valence-corrected chi connectivity index (χ4v) is 3.41. The zero-order chi connectivity index (χ0) is 23.8. The molecule has 0 fully saturated rings. The van der Waals surface area contributed by atoms with E-state index in [1.807, 2.05) is 61.5 Å². The van der Waals surface area contributed by atoms with Gasteiger partial charge in [0, 0.05) is 17.1 Å². The summed E-state index contributed by atoms with van der Waals surface area (Å²) in [7, 11) is 0. The predicted octanol–water partition coefficient (Wildman–Crippen LogP) is 5.35. The molecule has 0 unspecified atom stereocenters. The van der Waals surface area contributed by atoms with E-state index in [-0.39, 0.29) is 17.9 Å². The topological polar surface area (TPSA) is 67.4 Å². The zero-order valence-electron chi connectivity index (χ0n) is 19.1. The summed E-state index contributed by atoms with van der Waals surface area (Å²) < 4.78 is 5.97. The highest BCUT2D eigenvalue weighted by atomic mass is 35.5. The van der Waals surface area contributed by atoms with Gasteiger partial charge in [0.05, 0.1) is 6.04 Å². The minimum Gasteiger partial charge on any atom is -0.478 e. The van der Waals surface area contributed by atoms with Gasteiger partial charge in [-0.25, -0.2) is 0 Å². The number of ether oxygens (including phenoxy) is 1. The van der Waals surface area contributed by atoms with Gasteiger partial charge < -0.3 is 15.4 Å². The second-order valence-electron chi connectivity index (χ2n) is 8.37. The van der Waals surface area contributed by atoms with Gasteiger partial charge in [-0.05, 0) is 74.7 Å². The molecule has 0 saturated carbocycles. The summed E-state index contributed by atoms with van der Waals surface area (Å²) in [6.45, 7) is 5.96. The molecule has 2 amide bonds. The van der Waals surface area contributed by atoms with Gasteiger partial charge in [-0.15, -0.1) is 0 Å². The standard InChI is InChI=1S/C27H29ClN2O3/c1-19(21-7-5-4-6-8-21)30-26(32)27(2,3)33-24-15-9-20(10-16-24)17-18-29-25(31)22-11-13-23(28)14-12-22/h4-16,19H,17-18H2,1-3H3,(H,29,31)(H,30,32)/t19-/m0/s1. The molecule has 33 heavy (non-hydrogen) atoms. The maximum absolute atomic E-state index is 12.8. The summed E-state index contributed by atoms with van der Waals surface area (Å²) >= 11 is 5.85. The first-order valence-corrected chi connectivity index (χ1v) is 11.3. The van der Waals surface area contributed by atoms with E-state index in [9.17, 15) is 9.59 Å². The molecule has 0 aromatic heterocycles. The minimum atomic E-state index is -1.03. The Kier molecular flexibility index (Phi) is 8.12. The van der Waals surface area contributed by atoms with Gasteiger partial charge in [-0.2, -0.15) is 0 Å². The summed E-state index contributed by atoms with van der Waals surface area (Å²) in [5, 5.41) is 6.51. The number of amides is 2. The molecule has 3 aromatic rings. The lowest BCUT2D eigenvalue weighted by molar-refractivity contribution is -0.134. The normalized spacial score (nSPS) is 12.0. The van der Waals surface area contributed by atoms with Crippen molar-refractivity contribution < 1.29 is 14.3 Å². The Morgan fingerprint density at radius 1 is 0.939 bits per heavy atom. The first-order valence-electron chi connectivity index (χ1n) is 10.9. The molecule has 3 rings (SSSR count). The highest BCUT2D eigenvalue weighted by Crippen LogP contribution is 2.21. The molecule has 6 heteroatoms. The Balaban J connectivity index is 1.49. The van der Waals surface area contributed by atoms with E-state index in [1.54, 1.807) is 38.1 Å². The third-order valence-corrected chi connectivity index (χ3v) is 5.55. The molecule has 1 atom stereocenters. The third kappa shape index (κ3) is 7.09. The van der Waals surface area contributed by atoms with Gasteiger partial charge in [0.25, 0.3) is 11.8 Å². The van der Waals surface area contributed by atoms with Crippen LogP contribution < -0.4 is 15.4 Å². The van der Waals surface area contributed by atoms with Gasteiger partial charge in [-0.1, -0.05) is 54.1 Å². The van der Waals surface area contributed by atoms with Crippen LogP contribution in [-0.2, 0) is 11.2 Å². The number of benzene rings is 3. The number of hydrogen-bond acceptors (Lipinski definition) is 3. The molecule has 172 valence electrons. The van der Waals surface area contributed by atoms with Crippen LogP contribution in [0.2, 0.25) is 5.02 Å². The third-order valence-electron chi connectivity index (χ3n) is 5.30. The molecule has 0 radical (unpaired) electrons. The highest BCUT2D eigenvalue weighted by Gasteiger charge is 2.31. The van der Waals surface area contributed by atoms with E-state index in [1.165, 1.54) is 0 Å². The quantitative estimate of drug-likeness (QED) is 0.448. The minimum absolute atomic E-state index is 0.118. The Bertz CT molecular complexity index is 1060. The van der Waals surface area contributed by atoms with Gasteiger partial charge in [0.15, 0.2) is 5.60 Å². The van der Waals surface area contributed by atoms with Crippen molar-refractivity contribution in [3.05, 3.63) is 101 Å². The van der Waals surface area contributed by atoms with Crippen molar-refractivity contribution >= 4 is 23.4 Å². The Morgan fingerprint density at radius 3 is 2.21 bits per heavy atom. The average Bonchev–Trinajstić information content (AvgIpc) is 2.81. The van der Waals surface area contributed by atoms with Crippen LogP contribution in [0, 0.1) is 0 Å². The zero-order valence-corrected chi connectivity index (χ0v) is 19.9. The largest absolute Gasteiger partial charge is 0.478 e. The van der Waals surface area contributed by atoms with Crippen molar-refractivity contribution in [3.8, 4) is 5.75 Å². The van der Waals surface area contributed by atoms with E-state index >= 15 is 0 Å². The Morgan fingerprint density at radius 2 is 1.58 bits per heavy atom. The maximum Gasteiger partial charge on any atom is 0.264 e. The molecule has 0 aliphatic carbocycles. The lowest BCUT2D eigenvalue weighted by Crippen LogP contribution is -2.47. The summed E-state index contributed by atoms with van der Waals surface area (Å²) in [4.78, 5) is 25.0. The van der Waals surface area contributed by atoms with Gasteiger partial charge in [0.2, 0.25) is 0 Å². The molecule has 0 saturated heterocycles. The first-order chi connectivity index (χ1) is 15.7. The average molecular weight is 465 g/mol. The molecule has 0 heterocycles. The number of carbonyl (C=O) groups is 2. The van der Waals surface area contributed by atoms with Crippen LogP contribution in [0.1, 0.15) is 48.3 Å². The van der Waals surface area contributed by atoms with Gasteiger partial charge >= 0.3 is 0 Å². The van der Waals surface area contributed by atoms with E-state index in [0.29, 0.717) is 29.3 Å². The molecule has 0 aliphatic heterocycles. The van der Waals surface area contributed by atoms with E-state index in [2.05, 4.69) is 10.6 Å². The van der Waals surface area contributed by atoms with Crippen LogP contribution in [0.25, 0.3) is 0 Å². The Hall–Kier alpha value is -3.31. The second kappa shape index (κ2) is 11.0. The number of nitrogens with one attached hydrogen (secondary N) is 2. The summed E-state index contributed by atoms with van der Waals surface area (Å²) in [5.74, 6) is 0.286. The van der Waals surface area contributed by atoms with Crippen LogP contribution in [0.3, 0.4) is 0 Å². The molecular weight excluding hydrogens is 436 g/mol. The molecule has 5 nitrogen and oxygen atoms in total. The monoisotopic (exact) mass is 464 g/mol. The van der Waals surface area contributed by atoms with Crippen molar-refractivity contribution in [1.82, 2.24) is 10.6 Å². The molecule has 3 aromatic carbocycles. The fraction of sp³-hybridized carbons (Fsp3) is 0.259. The lowest BCUT2D eigenvalue weighted by atomic mass is 10.0. The highest BCUT2D eigenvalue weighted by molar-refractivity contribution is 6.30. The van der Waals surface area contributed by atoms with Crippen molar-refractivity contribution in [2.24, 2.45) is 0 Å². The number of hydrogen-bond donors (Lipinski definition) is 2. The van der Waals surface area contributed by atoms with Crippen molar-refractivity contribution in [1.29, 1.82) is 0 Å². The van der Waals surface area contributed by atoms with Crippen molar-refractivity contribution in [3.63, 3.8) is 0 Å². The van der Waals surface area contributed by atoms with Crippen LogP contribution >= 0.6 is 11.6 Å². The SMILES string of the molecule is C[C@H](NC(=O)C(C)(C)Oc1ccc(CCNC(=O)c2ccc(Cl)cc2)cc1)c1ccccc1. The van der Waals surface area contributed by atoms with E-state index in [0.717, 1.165) is 11.1 Å². The second-order valence-corrected chi connectivity index (χ2v) is 8.81. The smallest absolute Gasteiger partial charge is 0.264 e. The first kappa shape index (κ1) is 24.3. The number of carbonyl (C=O) groups excluding carboxylic acids is 2. The van der Waals surface area contributed by atoms with Crippen molar-refractivity contribution in [2.45, 2.75) is 38.8 Å². The van der Waals surface area contributed by atoms with Crippen LogP contribution in [0.5, 0.6) is 5.75 Å². The number of rotatable bonds is 9. The van der Waals surface area contributed by atoms with Crippen LogP contribution in [-0.4, -0.2) is 24.0 Å². The molecule has 0 spiro atoms. The summed E-state index contributed by atoms with van der Waals surface area (Å²) in [5.41, 5.74) is 1.63. The molecular formula is C27H29ClN2O3. The number of halogens is 1. The maximum atomic E-state index is 12.8. The van der Waals surface area contributed by atoms with Crippen molar-refractivity contribution in [2.75, 3.05) is 6.54 Å². The summed E-state index contributed by atoms with van der Waals surface area (Å²) in [6.07, 6.45) is 0.679. The molecule has 2 N–H and O–H groups in total. The van der Waals surface area contributed by atoms with Crippen LogP contribution in [0.15, 0.2) is 78.9 Å².